The van der Waals surface area contributed by atoms with Crippen molar-refractivity contribution in [1.82, 2.24) is 4.98 Å². The number of aryl methyl sites for hydroxylation is 2. The van der Waals surface area contributed by atoms with Crippen LogP contribution in [-0.4, -0.2) is 21.7 Å². The molecule has 0 fully saturated rings. The van der Waals surface area contributed by atoms with Crippen LogP contribution in [0.5, 0.6) is 5.75 Å². The highest BCUT2D eigenvalue weighted by Crippen LogP contribution is 2.44. The molecule has 4 aromatic heterocycles. The zero-order chi connectivity index (χ0) is 29.4. The minimum Gasteiger partial charge on any atom is -0.486 e. The Labute approximate surface area is 238 Å². The monoisotopic (exact) mass is 598 g/mol. The van der Waals surface area contributed by atoms with Gasteiger partial charge in [-0.05, 0) is 56.3 Å². The van der Waals surface area contributed by atoms with Gasteiger partial charge in [-0.3, -0.25) is 19.7 Å². The van der Waals surface area contributed by atoms with Crippen LogP contribution >= 0.6 is 22.7 Å². The summed E-state index contributed by atoms with van der Waals surface area (Å²) in [5, 5.41) is 14.0. The second-order valence-electron chi connectivity index (χ2n) is 8.87. The van der Waals surface area contributed by atoms with Gasteiger partial charge in [0.25, 0.3) is 23.9 Å². The Morgan fingerprint density at radius 3 is 2.56 bits per heavy atom. The number of ether oxygens (including phenoxy) is 1. The molecule has 0 atom stereocenters. The Bertz CT molecular complexity index is 1830. The number of alkyl halides is 2. The van der Waals surface area contributed by atoms with Gasteiger partial charge in [0, 0.05) is 32.3 Å². The zero-order valence-electron chi connectivity index (χ0n) is 21.4. The molecule has 0 aliphatic carbocycles. The Morgan fingerprint density at radius 1 is 1.15 bits per heavy atom. The number of amides is 2. The largest absolute Gasteiger partial charge is 0.486 e. The Hall–Kier alpha value is -4.69. The molecule has 41 heavy (non-hydrogen) atoms. The minimum atomic E-state index is -2.85. The molecule has 0 radical (unpaired) electrons. The van der Waals surface area contributed by atoms with Crippen molar-refractivity contribution in [2.45, 2.75) is 26.9 Å². The first-order valence-corrected chi connectivity index (χ1v) is 13.5. The summed E-state index contributed by atoms with van der Waals surface area (Å²) < 4.78 is 38.6. The van der Waals surface area contributed by atoms with Crippen LogP contribution in [0.4, 0.5) is 20.2 Å². The number of anilines is 1. The van der Waals surface area contributed by atoms with Gasteiger partial charge in [-0.2, -0.15) is 0 Å². The lowest BCUT2D eigenvalue weighted by Gasteiger charge is -2.09. The first kappa shape index (κ1) is 27.9. The van der Waals surface area contributed by atoms with E-state index in [0.717, 1.165) is 16.2 Å². The van der Waals surface area contributed by atoms with E-state index in [2.05, 4.69) is 10.3 Å². The van der Waals surface area contributed by atoms with Crippen LogP contribution in [0.15, 0.2) is 52.9 Å². The maximum Gasteiger partial charge on any atom is 0.291 e. The Morgan fingerprint density at radius 2 is 1.93 bits per heavy atom. The third-order valence-corrected chi connectivity index (χ3v) is 8.14. The highest BCUT2D eigenvalue weighted by atomic mass is 32.1. The van der Waals surface area contributed by atoms with Crippen LogP contribution in [0.1, 0.15) is 48.5 Å². The molecule has 0 saturated heterocycles. The Kier molecular flexibility index (Phi) is 7.51. The first-order chi connectivity index (χ1) is 19.5. The van der Waals surface area contributed by atoms with Gasteiger partial charge in [0.15, 0.2) is 5.76 Å². The van der Waals surface area contributed by atoms with Gasteiger partial charge in [-0.25, -0.2) is 13.8 Å². The average molecular weight is 599 g/mol. The molecule has 2 amide bonds. The number of halogens is 2. The van der Waals surface area contributed by atoms with Crippen molar-refractivity contribution in [3.63, 3.8) is 0 Å². The van der Waals surface area contributed by atoms with E-state index in [1.54, 1.807) is 13.0 Å². The van der Waals surface area contributed by atoms with Gasteiger partial charge in [0.2, 0.25) is 0 Å². The molecule has 10 nitrogen and oxygen atoms in total. The fourth-order valence-corrected chi connectivity index (χ4v) is 6.03. The lowest BCUT2D eigenvalue weighted by molar-refractivity contribution is -0.385. The van der Waals surface area contributed by atoms with Crippen molar-refractivity contribution in [3.8, 4) is 16.2 Å². The number of nitro groups is 1. The molecule has 0 unspecified atom stereocenters. The molecule has 1 aromatic carbocycles. The highest BCUT2D eigenvalue weighted by molar-refractivity contribution is 7.21. The van der Waals surface area contributed by atoms with Crippen LogP contribution in [0.25, 0.3) is 20.7 Å². The number of nitrogens with one attached hydrogen (secondary N) is 1. The maximum atomic E-state index is 13.7. The molecule has 210 valence electrons. The summed E-state index contributed by atoms with van der Waals surface area (Å²) in [6.45, 7) is 3.39. The first-order valence-electron chi connectivity index (χ1n) is 11.9. The quantitative estimate of drug-likeness (QED) is 0.137. The van der Waals surface area contributed by atoms with E-state index in [0.29, 0.717) is 27.1 Å². The summed E-state index contributed by atoms with van der Waals surface area (Å²) >= 11 is 2.17. The van der Waals surface area contributed by atoms with Crippen molar-refractivity contribution in [2.75, 3.05) is 5.32 Å². The number of nitro benzene ring substituents is 1. The van der Waals surface area contributed by atoms with Crippen LogP contribution in [0, 0.1) is 24.0 Å². The fraction of sp³-hybridized carbons (Fsp3) is 0.148. The normalized spacial score (nSPS) is 11.2. The van der Waals surface area contributed by atoms with E-state index in [1.165, 1.54) is 47.7 Å². The fourth-order valence-electron chi connectivity index (χ4n) is 4.13. The predicted octanol–water partition coefficient (Wildman–Crippen LogP) is 7.01. The summed E-state index contributed by atoms with van der Waals surface area (Å²) in [6.07, 6.45) is -2.85. The number of furan rings is 1. The number of fused-ring (bicyclic) bond motifs is 1. The zero-order valence-corrected chi connectivity index (χ0v) is 23.0. The second-order valence-corrected chi connectivity index (χ2v) is 11.2. The van der Waals surface area contributed by atoms with Crippen molar-refractivity contribution in [1.29, 1.82) is 0 Å². The van der Waals surface area contributed by atoms with Gasteiger partial charge in [0.1, 0.15) is 33.5 Å². The third kappa shape index (κ3) is 5.64. The molecule has 0 aliphatic heterocycles. The van der Waals surface area contributed by atoms with E-state index >= 15 is 0 Å². The van der Waals surface area contributed by atoms with Crippen LogP contribution in [0.3, 0.4) is 0 Å². The number of carbonyl (C=O) groups excluding carboxylic acids is 2. The number of primary amides is 1. The minimum absolute atomic E-state index is 0.0383. The SMILES string of the molecule is Cc1ccc(-c2cc(C(F)F)nc3sc(C(N)=O)c(NC(=O)c4ccc(COc5ccc([N+](=O)[O-])c(C)c5)o4)c23)s1. The number of nitrogens with two attached hydrogens (primary N) is 1. The van der Waals surface area contributed by atoms with Crippen LogP contribution in [-0.2, 0) is 6.61 Å². The number of rotatable bonds is 9. The summed E-state index contributed by atoms with van der Waals surface area (Å²) in [6, 6.07) is 12.1. The molecule has 4 heterocycles. The standard InChI is InChI=1S/C27H20F2N4O6S2/c1-12-9-14(4-6-18(12)33(36)37)38-11-15-5-7-19(39-15)26(35)32-22-21-16(20-8-3-13(2)40-20)10-17(24(28)29)31-27(21)41-23(22)25(30)34/h3-10,24H,11H2,1-2H3,(H2,30,34)(H,32,35). The molecule has 3 N–H and O–H groups in total. The number of thiophene rings is 2. The smallest absolute Gasteiger partial charge is 0.291 e. The number of hydrogen-bond acceptors (Lipinski definition) is 9. The maximum absolute atomic E-state index is 13.7. The lowest BCUT2D eigenvalue weighted by Crippen LogP contribution is -2.16. The lowest BCUT2D eigenvalue weighted by atomic mass is 10.1. The van der Waals surface area contributed by atoms with E-state index in [-0.39, 0.29) is 39.2 Å². The van der Waals surface area contributed by atoms with Crippen molar-refractivity contribution >= 4 is 56.1 Å². The van der Waals surface area contributed by atoms with Crippen molar-refractivity contribution in [2.24, 2.45) is 5.73 Å². The molecular weight excluding hydrogens is 578 g/mol. The molecule has 0 aliphatic rings. The number of aromatic nitrogens is 1. The van der Waals surface area contributed by atoms with Gasteiger partial charge < -0.3 is 20.2 Å². The van der Waals surface area contributed by atoms with Crippen molar-refractivity contribution in [3.05, 3.63) is 91.2 Å². The van der Waals surface area contributed by atoms with E-state index in [4.69, 9.17) is 14.9 Å². The number of carbonyl (C=O) groups is 2. The van der Waals surface area contributed by atoms with Gasteiger partial charge >= 0.3 is 0 Å². The summed E-state index contributed by atoms with van der Waals surface area (Å²) in [5.74, 6) is -1.02. The number of pyridine rings is 1. The topological polar surface area (TPSA) is 151 Å². The molecule has 0 spiro atoms. The van der Waals surface area contributed by atoms with E-state index in [9.17, 15) is 28.5 Å². The van der Waals surface area contributed by atoms with Gasteiger partial charge in [-0.1, -0.05) is 0 Å². The second kappa shape index (κ2) is 11.1. The van der Waals surface area contributed by atoms with Crippen LogP contribution < -0.4 is 15.8 Å². The molecule has 0 bridgehead atoms. The molecule has 14 heteroatoms. The number of benzene rings is 1. The molecule has 0 saturated carbocycles. The van der Waals surface area contributed by atoms with Crippen molar-refractivity contribution < 1.29 is 32.4 Å². The Balaban J connectivity index is 1.44. The van der Waals surface area contributed by atoms with E-state index in [1.807, 2.05) is 13.0 Å². The van der Waals surface area contributed by atoms with Gasteiger partial charge in [-0.15, -0.1) is 22.7 Å². The van der Waals surface area contributed by atoms with Crippen LogP contribution in [0.2, 0.25) is 0 Å². The summed E-state index contributed by atoms with van der Waals surface area (Å²) in [5.41, 5.74) is 5.94. The summed E-state index contributed by atoms with van der Waals surface area (Å²) in [7, 11) is 0. The predicted molar refractivity (Wildman–Crippen MR) is 150 cm³/mol. The summed E-state index contributed by atoms with van der Waals surface area (Å²) in [4.78, 5) is 41.7. The molecule has 5 rings (SSSR count). The molecular formula is C27H20F2N4O6S2. The highest BCUT2D eigenvalue weighted by Gasteiger charge is 2.26. The number of nitrogens with zero attached hydrogens (tertiary/aromatic N) is 2. The molecule has 5 aromatic rings. The third-order valence-electron chi connectivity index (χ3n) is 6.01. The number of hydrogen-bond donors (Lipinski definition) is 2. The van der Waals surface area contributed by atoms with Gasteiger partial charge in [0.05, 0.1) is 10.6 Å². The van der Waals surface area contributed by atoms with E-state index < -0.39 is 28.9 Å². The average Bonchev–Trinajstić information content (AvgIpc) is 3.65.